The molecule has 0 fully saturated rings. The third kappa shape index (κ3) is 1.87. The lowest BCUT2D eigenvalue weighted by atomic mass is 10.4. The van der Waals surface area contributed by atoms with Gasteiger partial charge in [0.1, 0.15) is 10.7 Å². The van der Waals surface area contributed by atoms with E-state index in [4.69, 9.17) is 5.73 Å². The molecule has 0 aliphatic rings. The van der Waals surface area contributed by atoms with Gasteiger partial charge in [-0.3, -0.25) is 4.79 Å². The van der Waals surface area contributed by atoms with Crippen LogP contribution in [0.2, 0.25) is 0 Å². The molecule has 0 aliphatic carbocycles. The second-order valence-electron chi connectivity index (χ2n) is 2.53. The van der Waals surface area contributed by atoms with Crippen LogP contribution in [0.5, 0.6) is 0 Å². The van der Waals surface area contributed by atoms with E-state index in [1.165, 1.54) is 11.3 Å². The lowest BCUT2D eigenvalue weighted by molar-refractivity contribution is 0.0996. The van der Waals surface area contributed by atoms with E-state index < -0.39 is 5.91 Å². The number of hydrogen-bond donors (Lipinski definition) is 1. The number of primary amides is 1. The molecule has 2 aromatic rings. The summed E-state index contributed by atoms with van der Waals surface area (Å²) < 4.78 is 1.02. The molecule has 0 bridgehead atoms. The quantitative estimate of drug-likeness (QED) is 0.924. The van der Waals surface area contributed by atoms with E-state index in [0.717, 1.165) is 14.4 Å². The fraction of sp³-hybridized carbons (Fsp3) is 0. The normalized spacial score (nSPS) is 10.4. The van der Waals surface area contributed by atoms with Gasteiger partial charge >= 0.3 is 0 Å². The van der Waals surface area contributed by atoms with Crippen LogP contribution in [0.3, 0.4) is 0 Å². The molecule has 0 unspecified atom stereocenters. The average molecular weight is 289 g/mol. The predicted octanol–water partition coefficient (Wildman–Crippen LogP) is 2.73. The lowest BCUT2D eigenvalue weighted by Crippen LogP contribution is -2.10. The fourth-order valence-electron chi connectivity index (χ4n) is 0.925. The Hall–Kier alpha value is -0.720. The molecule has 0 radical (unpaired) electrons. The maximum atomic E-state index is 10.8. The number of thiophene rings is 1. The minimum atomic E-state index is -0.483. The highest BCUT2D eigenvalue weighted by molar-refractivity contribution is 9.10. The Kier molecular flexibility index (Phi) is 2.66. The molecule has 14 heavy (non-hydrogen) atoms. The van der Waals surface area contributed by atoms with E-state index in [9.17, 15) is 4.79 Å². The van der Waals surface area contributed by atoms with Crippen LogP contribution in [0.4, 0.5) is 0 Å². The largest absolute Gasteiger partial charge is 0.364 e. The molecule has 0 aliphatic heterocycles. The predicted molar refractivity (Wildman–Crippen MR) is 61.6 cm³/mol. The zero-order chi connectivity index (χ0) is 10.1. The van der Waals surface area contributed by atoms with Gasteiger partial charge in [-0.2, -0.15) is 0 Å². The van der Waals surface area contributed by atoms with Crippen molar-refractivity contribution < 1.29 is 4.79 Å². The second-order valence-corrected chi connectivity index (χ2v) is 5.22. The maximum absolute atomic E-state index is 10.8. The molecule has 0 spiro atoms. The van der Waals surface area contributed by atoms with Crippen molar-refractivity contribution in [1.82, 2.24) is 4.98 Å². The van der Waals surface area contributed by atoms with Crippen molar-refractivity contribution in [1.29, 1.82) is 0 Å². The Morgan fingerprint density at radius 1 is 1.43 bits per heavy atom. The van der Waals surface area contributed by atoms with Gasteiger partial charge in [0, 0.05) is 15.2 Å². The van der Waals surface area contributed by atoms with Gasteiger partial charge in [0.15, 0.2) is 0 Å². The molecule has 72 valence electrons. The summed E-state index contributed by atoms with van der Waals surface area (Å²) in [6.45, 7) is 0. The molecule has 6 heteroatoms. The summed E-state index contributed by atoms with van der Waals surface area (Å²) >= 11 is 6.36. The molecule has 2 rings (SSSR count). The molecule has 2 aromatic heterocycles. The van der Waals surface area contributed by atoms with E-state index in [0.29, 0.717) is 5.69 Å². The summed E-state index contributed by atoms with van der Waals surface area (Å²) in [4.78, 5) is 16.0. The van der Waals surface area contributed by atoms with Crippen molar-refractivity contribution in [3.05, 3.63) is 27.0 Å². The topological polar surface area (TPSA) is 56.0 Å². The standard InChI is InChI=1S/C8H5BrN2OS2/c9-4-1-6(13-2-4)8-11-5(3-14-8)7(10)12/h1-3H,(H2,10,12). The average Bonchev–Trinajstić information content (AvgIpc) is 2.70. The van der Waals surface area contributed by atoms with E-state index in [1.54, 1.807) is 16.7 Å². The van der Waals surface area contributed by atoms with Crippen molar-refractivity contribution in [2.45, 2.75) is 0 Å². The zero-order valence-corrected chi connectivity index (χ0v) is 10.1. The Morgan fingerprint density at radius 3 is 2.71 bits per heavy atom. The maximum Gasteiger partial charge on any atom is 0.268 e. The van der Waals surface area contributed by atoms with Crippen LogP contribution in [0.15, 0.2) is 21.3 Å². The fourth-order valence-corrected chi connectivity index (χ4v) is 3.24. The van der Waals surface area contributed by atoms with Gasteiger partial charge in [-0.25, -0.2) is 4.98 Å². The third-order valence-electron chi connectivity index (χ3n) is 1.53. The van der Waals surface area contributed by atoms with Crippen LogP contribution in [0.1, 0.15) is 10.5 Å². The Labute approximate surface area is 96.7 Å². The highest BCUT2D eigenvalue weighted by Crippen LogP contribution is 2.31. The summed E-state index contributed by atoms with van der Waals surface area (Å²) in [7, 11) is 0. The molecule has 2 heterocycles. The van der Waals surface area contributed by atoms with E-state index >= 15 is 0 Å². The second kappa shape index (κ2) is 3.80. The lowest BCUT2D eigenvalue weighted by Gasteiger charge is -1.86. The number of nitrogens with zero attached hydrogens (tertiary/aromatic N) is 1. The minimum absolute atomic E-state index is 0.328. The number of nitrogens with two attached hydrogens (primary N) is 1. The van der Waals surface area contributed by atoms with Crippen LogP contribution in [0.25, 0.3) is 9.88 Å². The monoisotopic (exact) mass is 288 g/mol. The van der Waals surface area contributed by atoms with Crippen LogP contribution in [0, 0.1) is 0 Å². The van der Waals surface area contributed by atoms with Crippen molar-refractivity contribution >= 4 is 44.5 Å². The summed E-state index contributed by atoms with van der Waals surface area (Å²) in [5.74, 6) is -0.483. The summed E-state index contributed by atoms with van der Waals surface area (Å²) in [6.07, 6.45) is 0. The third-order valence-corrected chi connectivity index (χ3v) is 4.24. The van der Waals surface area contributed by atoms with Crippen LogP contribution in [-0.2, 0) is 0 Å². The molecule has 0 saturated heterocycles. The number of carbonyl (C=O) groups is 1. The first kappa shape index (κ1) is 9.82. The van der Waals surface area contributed by atoms with E-state index in [-0.39, 0.29) is 0 Å². The van der Waals surface area contributed by atoms with Gasteiger partial charge in [0.2, 0.25) is 0 Å². The summed E-state index contributed by atoms with van der Waals surface area (Å²) in [5, 5.41) is 4.47. The Bertz CT molecular complexity index is 477. The van der Waals surface area contributed by atoms with Crippen molar-refractivity contribution in [3.63, 3.8) is 0 Å². The van der Waals surface area contributed by atoms with E-state index in [2.05, 4.69) is 20.9 Å². The highest BCUT2D eigenvalue weighted by atomic mass is 79.9. The number of halogens is 1. The van der Waals surface area contributed by atoms with Crippen molar-refractivity contribution in [2.24, 2.45) is 5.73 Å². The smallest absolute Gasteiger partial charge is 0.268 e. The number of hydrogen-bond acceptors (Lipinski definition) is 4. The summed E-state index contributed by atoms with van der Waals surface area (Å²) in [5.41, 5.74) is 5.44. The summed E-state index contributed by atoms with van der Waals surface area (Å²) in [6, 6.07) is 1.97. The van der Waals surface area contributed by atoms with Crippen LogP contribution in [-0.4, -0.2) is 10.9 Å². The molecule has 0 saturated carbocycles. The van der Waals surface area contributed by atoms with Crippen molar-refractivity contribution in [2.75, 3.05) is 0 Å². The van der Waals surface area contributed by atoms with Gasteiger partial charge in [-0.1, -0.05) is 0 Å². The number of aromatic nitrogens is 1. The first-order chi connectivity index (χ1) is 6.66. The molecular weight excluding hydrogens is 284 g/mol. The number of carbonyl (C=O) groups excluding carboxylic acids is 1. The Morgan fingerprint density at radius 2 is 2.21 bits per heavy atom. The van der Waals surface area contributed by atoms with E-state index in [1.807, 2.05) is 11.4 Å². The van der Waals surface area contributed by atoms with Gasteiger partial charge in [-0.15, -0.1) is 22.7 Å². The molecule has 2 N–H and O–H groups in total. The number of thiazole rings is 1. The van der Waals surface area contributed by atoms with Gasteiger partial charge in [0.05, 0.1) is 4.88 Å². The SMILES string of the molecule is NC(=O)c1csc(-c2cc(Br)cs2)n1. The minimum Gasteiger partial charge on any atom is -0.364 e. The van der Waals surface area contributed by atoms with Gasteiger partial charge in [0.25, 0.3) is 5.91 Å². The van der Waals surface area contributed by atoms with Crippen LogP contribution >= 0.6 is 38.6 Å². The first-order valence-electron chi connectivity index (χ1n) is 3.66. The van der Waals surface area contributed by atoms with Crippen molar-refractivity contribution in [3.8, 4) is 9.88 Å². The Balaban J connectivity index is 2.38. The molecule has 0 atom stereocenters. The molecule has 3 nitrogen and oxygen atoms in total. The van der Waals surface area contributed by atoms with Gasteiger partial charge < -0.3 is 5.73 Å². The van der Waals surface area contributed by atoms with Crippen LogP contribution < -0.4 is 5.73 Å². The number of amides is 1. The van der Waals surface area contributed by atoms with Gasteiger partial charge in [-0.05, 0) is 22.0 Å². The molecular formula is C8H5BrN2OS2. The highest BCUT2D eigenvalue weighted by Gasteiger charge is 2.09. The first-order valence-corrected chi connectivity index (χ1v) is 6.22. The molecule has 1 amide bonds. The molecule has 0 aromatic carbocycles. The zero-order valence-electron chi connectivity index (χ0n) is 6.86. The number of rotatable bonds is 2.